The van der Waals surface area contributed by atoms with Gasteiger partial charge < -0.3 is 15.2 Å². The number of hydrogen-bond donors (Lipinski definition) is 2. The first-order valence-electron chi connectivity index (χ1n) is 9.51. The Kier molecular flexibility index (Phi) is 4.16. The highest BCUT2D eigenvalue weighted by atomic mass is 16.5. The van der Waals surface area contributed by atoms with E-state index in [0.717, 1.165) is 12.8 Å². The smallest absolute Gasteiger partial charge is 0.233 e. The summed E-state index contributed by atoms with van der Waals surface area (Å²) in [7, 11) is 0. The van der Waals surface area contributed by atoms with E-state index < -0.39 is 0 Å². The van der Waals surface area contributed by atoms with Gasteiger partial charge in [0.05, 0.1) is 11.4 Å². The van der Waals surface area contributed by atoms with Gasteiger partial charge in [-0.25, -0.2) is 0 Å². The van der Waals surface area contributed by atoms with Crippen molar-refractivity contribution in [2.24, 2.45) is 0 Å². The molecule has 1 unspecified atom stereocenters. The predicted molar refractivity (Wildman–Crippen MR) is 100 cm³/mol. The highest BCUT2D eigenvalue weighted by molar-refractivity contribution is 5.68. The Bertz CT molecular complexity index is 976. The van der Waals surface area contributed by atoms with E-state index in [1.54, 1.807) is 25.1 Å². The van der Waals surface area contributed by atoms with Crippen LogP contribution in [0, 0.1) is 6.92 Å². The molecule has 4 heterocycles. The SMILES string of the molecule is Cc1nnn(-c2ccc(-c3ccc(OC4C[C@H]5CC[C@@H](C4)N5)nn3)c(O)c2)n1. The number of ether oxygens (including phenoxy) is 1. The minimum Gasteiger partial charge on any atom is -0.507 e. The zero-order chi connectivity index (χ0) is 19.1. The molecule has 3 aromatic rings. The first-order valence-corrected chi connectivity index (χ1v) is 9.51. The second-order valence-corrected chi connectivity index (χ2v) is 7.43. The summed E-state index contributed by atoms with van der Waals surface area (Å²) in [5, 5.41) is 34.4. The zero-order valence-corrected chi connectivity index (χ0v) is 15.5. The van der Waals surface area contributed by atoms with Crippen molar-refractivity contribution in [3.05, 3.63) is 36.2 Å². The van der Waals surface area contributed by atoms with Crippen LogP contribution in [-0.4, -0.2) is 53.7 Å². The Morgan fingerprint density at radius 3 is 2.54 bits per heavy atom. The molecule has 2 N–H and O–H groups in total. The van der Waals surface area contributed by atoms with Crippen LogP contribution < -0.4 is 10.1 Å². The quantitative estimate of drug-likeness (QED) is 0.706. The Labute approximate surface area is 161 Å². The summed E-state index contributed by atoms with van der Waals surface area (Å²) >= 11 is 0. The summed E-state index contributed by atoms with van der Waals surface area (Å²) in [6, 6.07) is 9.88. The summed E-state index contributed by atoms with van der Waals surface area (Å²) in [4.78, 5) is 1.37. The summed E-state index contributed by atoms with van der Waals surface area (Å²) in [5.74, 6) is 1.16. The van der Waals surface area contributed by atoms with Crippen LogP contribution in [0.2, 0.25) is 0 Å². The highest BCUT2D eigenvalue weighted by Gasteiger charge is 2.34. The van der Waals surface area contributed by atoms with Crippen LogP contribution in [0.4, 0.5) is 0 Å². The number of piperidine rings is 1. The van der Waals surface area contributed by atoms with E-state index in [1.165, 1.54) is 17.6 Å². The molecule has 5 rings (SSSR count). The number of nitrogens with one attached hydrogen (secondary N) is 1. The van der Waals surface area contributed by atoms with E-state index in [4.69, 9.17) is 4.74 Å². The Balaban J connectivity index is 1.31. The van der Waals surface area contributed by atoms with Gasteiger partial charge in [-0.1, -0.05) is 0 Å². The first-order chi connectivity index (χ1) is 13.6. The number of phenolic OH excluding ortho intramolecular Hbond substituents is 1. The lowest BCUT2D eigenvalue weighted by molar-refractivity contribution is 0.130. The number of rotatable bonds is 4. The van der Waals surface area contributed by atoms with Crippen LogP contribution in [0.1, 0.15) is 31.5 Å². The van der Waals surface area contributed by atoms with Gasteiger partial charge in [0.1, 0.15) is 11.9 Å². The molecule has 0 aliphatic carbocycles. The molecule has 9 heteroatoms. The first kappa shape index (κ1) is 17.1. The van der Waals surface area contributed by atoms with Gasteiger partial charge in [0.15, 0.2) is 5.82 Å². The van der Waals surface area contributed by atoms with Crippen molar-refractivity contribution in [2.75, 3.05) is 0 Å². The lowest BCUT2D eigenvalue weighted by Gasteiger charge is -2.28. The van der Waals surface area contributed by atoms with Crippen LogP contribution in [-0.2, 0) is 0 Å². The number of aryl methyl sites for hydroxylation is 1. The number of benzene rings is 1. The molecular weight excluding hydrogens is 358 g/mol. The molecule has 2 aliphatic heterocycles. The van der Waals surface area contributed by atoms with Crippen LogP contribution in [0.15, 0.2) is 30.3 Å². The van der Waals surface area contributed by atoms with Crippen LogP contribution >= 0.6 is 0 Å². The molecule has 0 saturated carbocycles. The summed E-state index contributed by atoms with van der Waals surface area (Å²) in [5.41, 5.74) is 1.78. The third-order valence-electron chi connectivity index (χ3n) is 5.36. The molecule has 9 nitrogen and oxygen atoms in total. The maximum absolute atomic E-state index is 10.4. The van der Waals surface area contributed by atoms with Crippen LogP contribution in [0.25, 0.3) is 16.9 Å². The Morgan fingerprint density at radius 1 is 1.07 bits per heavy atom. The average molecular weight is 379 g/mol. The second kappa shape index (κ2) is 6.83. The lowest BCUT2D eigenvalue weighted by Crippen LogP contribution is -2.42. The number of phenols is 1. The van der Waals surface area contributed by atoms with E-state index in [0.29, 0.717) is 40.7 Å². The number of hydrogen-bond acceptors (Lipinski definition) is 8. The molecule has 3 atom stereocenters. The van der Waals surface area contributed by atoms with Crippen molar-refractivity contribution in [3.63, 3.8) is 0 Å². The monoisotopic (exact) mass is 379 g/mol. The molecule has 0 spiro atoms. The van der Waals surface area contributed by atoms with E-state index >= 15 is 0 Å². The molecule has 2 bridgehead atoms. The fraction of sp³-hybridized carbons (Fsp3) is 0.421. The van der Waals surface area contributed by atoms with E-state index in [2.05, 4.69) is 30.9 Å². The number of aromatic nitrogens is 6. The summed E-state index contributed by atoms with van der Waals surface area (Å²) in [6.07, 6.45) is 4.67. The van der Waals surface area contributed by atoms with Gasteiger partial charge in [-0.15, -0.1) is 25.2 Å². The molecule has 144 valence electrons. The molecule has 2 fully saturated rings. The van der Waals surface area contributed by atoms with Crippen LogP contribution in [0.5, 0.6) is 11.6 Å². The van der Waals surface area contributed by atoms with Gasteiger partial charge in [-0.2, -0.15) is 0 Å². The summed E-state index contributed by atoms with van der Waals surface area (Å²) in [6.45, 7) is 1.76. The fourth-order valence-electron chi connectivity index (χ4n) is 4.05. The molecule has 1 aromatic carbocycles. The molecular formula is C19H21N7O2. The maximum atomic E-state index is 10.4. The molecule has 2 aliphatic rings. The van der Waals surface area contributed by atoms with E-state index in [-0.39, 0.29) is 11.9 Å². The number of nitrogens with zero attached hydrogens (tertiary/aromatic N) is 6. The normalized spacial score (nSPS) is 23.7. The number of aromatic hydroxyl groups is 1. The Morgan fingerprint density at radius 2 is 1.89 bits per heavy atom. The largest absolute Gasteiger partial charge is 0.507 e. The third-order valence-corrected chi connectivity index (χ3v) is 5.36. The average Bonchev–Trinajstić information content (AvgIpc) is 3.27. The minimum absolute atomic E-state index is 0.0744. The van der Waals surface area contributed by atoms with E-state index in [9.17, 15) is 5.11 Å². The molecule has 0 radical (unpaired) electrons. The van der Waals surface area contributed by atoms with Gasteiger partial charge in [0.25, 0.3) is 0 Å². The Hall–Kier alpha value is -3.07. The topological polar surface area (TPSA) is 111 Å². The van der Waals surface area contributed by atoms with Gasteiger partial charge in [0.2, 0.25) is 5.88 Å². The summed E-state index contributed by atoms with van der Waals surface area (Å²) < 4.78 is 6.03. The van der Waals surface area contributed by atoms with Crippen molar-refractivity contribution in [3.8, 4) is 28.6 Å². The fourth-order valence-corrected chi connectivity index (χ4v) is 4.05. The highest BCUT2D eigenvalue weighted by Crippen LogP contribution is 2.31. The van der Waals surface area contributed by atoms with Crippen molar-refractivity contribution < 1.29 is 9.84 Å². The molecule has 2 aromatic heterocycles. The molecule has 28 heavy (non-hydrogen) atoms. The van der Waals surface area contributed by atoms with Crippen molar-refractivity contribution >= 4 is 0 Å². The number of tetrazole rings is 1. The third kappa shape index (κ3) is 3.29. The predicted octanol–water partition coefficient (Wildman–Crippen LogP) is 1.80. The number of fused-ring (bicyclic) bond motifs is 2. The molecule has 2 saturated heterocycles. The second-order valence-electron chi connectivity index (χ2n) is 7.43. The molecule has 0 amide bonds. The zero-order valence-electron chi connectivity index (χ0n) is 15.5. The maximum Gasteiger partial charge on any atom is 0.233 e. The lowest BCUT2D eigenvalue weighted by atomic mass is 10.0. The van der Waals surface area contributed by atoms with Gasteiger partial charge >= 0.3 is 0 Å². The van der Waals surface area contributed by atoms with Gasteiger partial charge in [-0.05, 0) is 56.0 Å². The van der Waals surface area contributed by atoms with Crippen LogP contribution in [0.3, 0.4) is 0 Å². The van der Waals surface area contributed by atoms with Crippen molar-refractivity contribution in [2.45, 2.75) is 50.8 Å². The van der Waals surface area contributed by atoms with Crippen molar-refractivity contribution in [1.82, 2.24) is 35.7 Å². The van der Waals surface area contributed by atoms with Crippen molar-refractivity contribution in [1.29, 1.82) is 0 Å². The minimum atomic E-state index is 0.0744. The van der Waals surface area contributed by atoms with E-state index in [1.807, 2.05) is 12.1 Å². The van der Waals surface area contributed by atoms with Gasteiger partial charge in [0, 0.05) is 29.8 Å². The van der Waals surface area contributed by atoms with Gasteiger partial charge in [-0.3, -0.25) is 0 Å². The standard InChI is InChI=1S/C19H21N7O2/c1-11-21-25-26(24-11)14-4-5-16(18(27)10-14)17-6-7-19(23-22-17)28-15-8-12-2-3-13(9-15)20-12/h4-7,10,12-13,15,20,27H,2-3,8-9H2,1H3/t12-,13+,15?.